The summed E-state index contributed by atoms with van der Waals surface area (Å²) in [5.41, 5.74) is 0.471. The molecule has 0 aliphatic carbocycles. The molecular formula is C21H32N2O10. The van der Waals surface area contributed by atoms with Crippen molar-refractivity contribution in [3.63, 3.8) is 0 Å². The second-order valence-corrected chi connectivity index (χ2v) is 7.99. The van der Waals surface area contributed by atoms with Crippen molar-refractivity contribution in [2.45, 2.75) is 76.6 Å². The fraction of sp³-hybridized carbons (Fsp3) is 0.714. The summed E-state index contributed by atoms with van der Waals surface area (Å²) < 4.78 is 15.6. The third-order valence-electron chi connectivity index (χ3n) is 5.47. The number of nitrogens with one attached hydrogen (secondary N) is 2. The molecule has 0 aromatic rings. The van der Waals surface area contributed by atoms with Crippen LogP contribution in [0.2, 0.25) is 0 Å². The van der Waals surface area contributed by atoms with Gasteiger partial charge in [0.25, 0.3) is 0 Å². The van der Waals surface area contributed by atoms with E-state index < -0.39 is 55.1 Å². The highest BCUT2D eigenvalue weighted by Gasteiger charge is 2.45. The van der Waals surface area contributed by atoms with Gasteiger partial charge in [0, 0.05) is 37.6 Å². The number of aliphatic hydroxyl groups is 3. The van der Waals surface area contributed by atoms with Gasteiger partial charge in [-0.1, -0.05) is 0 Å². The highest BCUT2D eigenvalue weighted by molar-refractivity contribution is 6.12. The summed E-state index contributed by atoms with van der Waals surface area (Å²) in [6.45, 7) is 2.90. The molecule has 2 heterocycles. The summed E-state index contributed by atoms with van der Waals surface area (Å²) in [7, 11) is 0. The first-order valence-corrected chi connectivity index (χ1v) is 10.9. The number of hydrogen-bond donors (Lipinski definition) is 5. The van der Waals surface area contributed by atoms with E-state index in [1.807, 2.05) is 0 Å². The Morgan fingerprint density at radius 2 is 1.82 bits per heavy atom. The minimum absolute atomic E-state index is 0.0714. The lowest BCUT2D eigenvalue weighted by Gasteiger charge is -2.42. The van der Waals surface area contributed by atoms with Gasteiger partial charge in [0.1, 0.15) is 24.4 Å². The van der Waals surface area contributed by atoms with Crippen molar-refractivity contribution in [2.24, 2.45) is 0 Å². The van der Waals surface area contributed by atoms with Gasteiger partial charge in [-0.05, 0) is 32.6 Å². The molecule has 2 amide bonds. The van der Waals surface area contributed by atoms with E-state index in [0.29, 0.717) is 25.8 Å². The second-order valence-electron chi connectivity index (χ2n) is 7.99. The van der Waals surface area contributed by atoms with Crippen molar-refractivity contribution < 1.29 is 48.7 Å². The Kier molecular flexibility index (Phi) is 10.4. The van der Waals surface area contributed by atoms with E-state index in [4.69, 9.17) is 9.47 Å². The minimum atomic E-state index is -1.37. The number of unbranched alkanes of at least 4 members (excludes halogenated alkanes) is 2. The summed E-state index contributed by atoms with van der Waals surface area (Å²) in [5.74, 6) is -2.03. The maximum absolute atomic E-state index is 11.9. The van der Waals surface area contributed by atoms with Crippen LogP contribution in [0.25, 0.3) is 0 Å². The van der Waals surface area contributed by atoms with Crippen molar-refractivity contribution in [1.29, 1.82) is 0 Å². The lowest BCUT2D eigenvalue weighted by atomic mass is 9.97. The van der Waals surface area contributed by atoms with Gasteiger partial charge >= 0.3 is 11.9 Å². The zero-order valence-corrected chi connectivity index (χ0v) is 18.7. The molecule has 12 nitrogen and oxygen atoms in total. The molecule has 0 bridgehead atoms. The zero-order chi connectivity index (χ0) is 24.5. The minimum Gasteiger partial charge on any atom is -0.394 e. The maximum Gasteiger partial charge on any atom is 0.342 e. The zero-order valence-electron chi connectivity index (χ0n) is 18.7. The molecule has 0 spiro atoms. The third-order valence-corrected chi connectivity index (χ3v) is 5.47. The van der Waals surface area contributed by atoms with Gasteiger partial charge in [-0.2, -0.15) is 0 Å². The molecule has 2 aliphatic heterocycles. The van der Waals surface area contributed by atoms with Gasteiger partial charge in [0.05, 0.1) is 6.61 Å². The van der Waals surface area contributed by atoms with Crippen LogP contribution in [-0.4, -0.2) is 89.5 Å². The Bertz CT molecular complexity index is 768. The van der Waals surface area contributed by atoms with Gasteiger partial charge in [0.2, 0.25) is 11.8 Å². The van der Waals surface area contributed by atoms with Crippen LogP contribution < -0.4 is 10.6 Å². The Morgan fingerprint density at radius 1 is 1.09 bits per heavy atom. The molecule has 0 aromatic heterocycles. The number of carbonyl (C=O) groups excluding carboxylic acids is 4. The Morgan fingerprint density at radius 3 is 2.42 bits per heavy atom. The number of aliphatic hydroxyl groups excluding tert-OH is 3. The van der Waals surface area contributed by atoms with Gasteiger partial charge in [0.15, 0.2) is 6.29 Å². The first-order chi connectivity index (χ1) is 15.6. The van der Waals surface area contributed by atoms with E-state index in [1.54, 1.807) is 0 Å². The number of rotatable bonds is 12. The molecule has 33 heavy (non-hydrogen) atoms. The van der Waals surface area contributed by atoms with Crippen molar-refractivity contribution in [3.05, 3.63) is 11.1 Å². The SMILES string of the molecule is CC(=O)N[C@H]1[C@H](OCCCCCNC(=O)CCC2=C(C)C(=O)OC2=O)O[C@H](CO)[C@H](O)[C@@H]1O. The van der Waals surface area contributed by atoms with Crippen LogP contribution in [0.3, 0.4) is 0 Å². The highest BCUT2D eigenvalue weighted by Crippen LogP contribution is 2.23. The molecule has 1 saturated heterocycles. The number of hydrogen-bond acceptors (Lipinski definition) is 10. The van der Waals surface area contributed by atoms with Crippen LogP contribution in [-0.2, 0) is 33.4 Å². The fourth-order valence-corrected chi connectivity index (χ4v) is 3.56. The van der Waals surface area contributed by atoms with E-state index in [2.05, 4.69) is 15.4 Å². The summed E-state index contributed by atoms with van der Waals surface area (Å²) >= 11 is 0. The van der Waals surface area contributed by atoms with Gasteiger partial charge in [-0.25, -0.2) is 9.59 Å². The van der Waals surface area contributed by atoms with E-state index in [0.717, 1.165) is 0 Å². The molecule has 0 radical (unpaired) electrons. The largest absolute Gasteiger partial charge is 0.394 e. The summed E-state index contributed by atoms with van der Waals surface area (Å²) in [4.78, 5) is 46.1. The van der Waals surface area contributed by atoms with Crippen LogP contribution >= 0.6 is 0 Å². The van der Waals surface area contributed by atoms with E-state index >= 15 is 0 Å². The second kappa shape index (κ2) is 12.8. The lowest BCUT2D eigenvalue weighted by Crippen LogP contribution is -2.64. The van der Waals surface area contributed by atoms with Crippen LogP contribution in [0.4, 0.5) is 0 Å². The number of amides is 2. The van der Waals surface area contributed by atoms with E-state index in [9.17, 15) is 34.5 Å². The molecule has 2 aliphatic rings. The monoisotopic (exact) mass is 472 g/mol. The van der Waals surface area contributed by atoms with Crippen LogP contribution in [0.1, 0.15) is 46.0 Å². The highest BCUT2D eigenvalue weighted by atomic mass is 16.7. The Balaban J connectivity index is 1.64. The average Bonchev–Trinajstić information content (AvgIpc) is 3.01. The molecule has 5 N–H and O–H groups in total. The quantitative estimate of drug-likeness (QED) is 0.126. The predicted octanol–water partition coefficient (Wildman–Crippen LogP) is -1.59. The first-order valence-electron chi connectivity index (χ1n) is 10.9. The number of ether oxygens (including phenoxy) is 3. The standard InChI is InChI=1S/C21H32N2O10/c1-11-13(20(30)33-19(11)29)6-7-15(26)22-8-4-3-5-9-31-21-16(23-12(2)25)18(28)17(27)14(10-24)32-21/h14,16-18,21,24,27-28H,3-10H2,1-2H3,(H,22,26)(H,23,25)/t14-,16-,17+,18-,21-/m1/s1. The normalized spacial score (nSPS) is 27.5. The number of cyclic esters (lactones) is 2. The van der Waals surface area contributed by atoms with E-state index in [1.165, 1.54) is 13.8 Å². The number of carbonyl (C=O) groups is 4. The average molecular weight is 472 g/mol. The smallest absolute Gasteiger partial charge is 0.342 e. The third kappa shape index (κ3) is 7.57. The van der Waals surface area contributed by atoms with Crippen LogP contribution in [0, 0.1) is 0 Å². The van der Waals surface area contributed by atoms with Gasteiger partial charge in [-0.3, -0.25) is 9.59 Å². The molecule has 0 saturated carbocycles. The summed E-state index contributed by atoms with van der Waals surface area (Å²) in [6.07, 6.45) is -2.60. The fourth-order valence-electron chi connectivity index (χ4n) is 3.56. The lowest BCUT2D eigenvalue weighted by molar-refractivity contribution is -0.270. The molecule has 5 atom stereocenters. The van der Waals surface area contributed by atoms with E-state index in [-0.39, 0.29) is 36.5 Å². The van der Waals surface area contributed by atoms with Gasteiger partial charge in [-0.15, -0.1) is 0 Å². The molecule has 2 rings (SSSR count). The Labute approximate surface area is 191 Å². The van der Waals surface area contributed by atoms with Crippen molar-refractivity contribution in [2.75, 3.05) is 19.8 Å². The summed E-state index contributed by atoms with van der Waals surface area (Å²) in [6, 6.07) is -0.981. The van der Waals surface area contributed by atoms with Crippen LogP contribution in [0.15, 0.2) is 11.1 Å². The van der Waals surface area contributed by atoms with Crippen LogP contribution in [0.5, 0.6) is 0 Å². The number of esters is 2. The molecule has 1 fully saturated rings. The van der Waals surface area contributed by atoms with Crippen molar-refractivity contribution in [3.8, 4) is 0 Å². The predicted molar refractivity (Wildman–Crippen MR) is 111 cm³/mol. The van der Waals surface area contributed by atoms with Crippen molar-refractivity contribution >= 4 is 23.8 Å². The molecule has 186 valence electrons. The topological polar surface area (TPSA) is 181 Å². The summed E-state index contributed by atoms with van der Waals surface area (Å²) in [5, 5.41) is 34.7. The molecule has 12 heteroatoms. The van der Waals surface area contributed by atoms with Crippen molar-refractivity contribution in [1.82, 2.24) is 10.6 Å². The Hall–Kier alpha value is -2.38. The molecule has 0 unspecified atom stereocenters. The molecule has 0 aromatic carbocycles. The maximum atomic E-state index is 11.9. The molecular weight excluding hydrogens is 440 g/mol. The van der Waals surface area contributed by atoms with Gasteiger partial charge < -0.3 is 40.2 Å². The first kappa shape index (κ1) is 26.9.